The molecule has 1 aliphatic carbocycles. The van der Waals surface area contributed by atoms with Gasteiger partial charge in [0.05, 0.1) is 5.69 Å². The third-order valence-corrected chi connectivity index (χ3v) is 4.86. The number of benzene rings is 1. The van der Waals surface area contributed by atoms with E-state index < -0.39 is 0 Å². The van der Waals surface area contributed by atoms with Gasteiger partial charge >= 0.3 is 0 Å². The molecular formula is C16H23N5. The minimum atomic E-state index is 0.554. The maximum absolute atomic E-state index is 3.99. The van der Waals surface area contributed by atoms with Crippen LogP contribution in [0.4, 0.5) is 5.69 Å². The monoisotopic (exact) mass is 285 g/mol. The van der Waals surface area contributed by atoms with Crippen molar-refractivity contribution in [1.29, 1.82) is 0 Å². The third-order valence-electron chi connectivity index (χ3n) is 4.86. The van der Waals surface area contributed by atoms with E-state index in [-0.39, 0.29) is 0 Å². The lowest BCUT2D eigenvalue weighted by atomic mass is 9.78. The summed E-state index contributed by atoms with van der Waals surface area (Å²) in [5.74, 6) is 1.50. The van der Waals surface area contributed by atoms with Crippen molar-refractivity contribution in [3.05, 3.63) is 30.1 Å². The van der Waals surface area contributed by atoms with Crippen LogP contribution in [0.5, 0.6) is 0 Å². The molecule has 1 saturated carbocycles. The summed E-state index contributed by atoms with van der Waals surface area (Å²) in [6, 6.07) is 6.96. The summed E-state index contributed by atoms with van der Waals surface area (Å²) >= 11 is 0. The van der Waals surface area contributed by atoms with Crippen LogP contribution >= 0.6 is 0 Å². The van der Waals surface area contributed by atoms with Crippen molar-refractivity contribution in [3.63, 3.8) is 0 Å². The van der Waals surface area contributed by atoms with E-state index >= 15 is 0 Å². The molecule has 3 rings (SSSR count). The van der Waals surface area contributed by atoms with Gasteiger partial charge in [0, 0.05) is 11.7 Å². The number of hydrogen-bond donors (Lipinski definition) is 1. The standard InChI is InChI=1S/C16H23N5/c1-11-5-4-6-15(13(11)3)18-14-8-7-12(2)16(9-14)21-10-17-19-20-21/h7-11,13,15,18H,4-6H2,1-3H3. The van der Waals surface area contributed by atoms with Gasteiger partial charge in [-0.3, -0.25) is 0 Å². The molecule has 1 aromatic heterocycles. The Bertz CT molecular complexity index is 593. The van der Waals surface area contributed by atoms with Crippen LogP contribution in [0.3, 0.4) is 0 Å². The lowest BCUT2D eigenvalue weighted by Crippen LogP contribution is -2.35. The number of rotatable bonds is 3. The first-order chi connectivity index (χ1) is 10.1. The average Bonchev–Trinajstić information content (AvgIpc) is 3.00. The highest BCUT2D eigenvalue weighted by Gasteiger charge is 2.26. The molecule has 0 radical (unpaired) electrons. The molecule has 2 aromatic rings. The van der Waals surface area contributed by atoms with Crippen LogP contribution in [0.2, 0.25) is 0 Å². The van der Waals surface area contributed by atoms with Crippen molar-refractivity contribution in [2.45, 2.75) is 46.1 Å². The highest BCUT2D eigenvalue weighted by Crippen LogP contribution is 2.32. The molecule has 0 amide bonds. The number of nitrogens with one attached hydrogen (secondary N) is 1. The summed E-state index contributed by atoms with van der Waals surface area (Å²) in [5.41, 5.74) is 3.34. The van der Waals surface area contributed by atoms with Crippen molar-refractivity contribution in [3.8, 4) is 5.69 Å². The van der Waals surface area contributed by atoms with Crippen LogP contribution in [-0.4, -0.2) is 26.2 Å². The highest BCUT2D eigenvalue weighted by molar-refractivity contribution is 5.55. The Hall–Kier alpha value is -1.91. The van der Waals surface area contributed by atoms with Gasteiger partial charge in [0.15, 0.2) is 0 Å². The minimum absolute atomic E-state index is 0.554. The zero-order valence-corrected chi connectivity index (χ0v) is 13.0. The zero-order chi connectivity index (χ0) is 14.8. The number of nitrogens with zero attached hydrogens (tertiary/aromatic N) is 4. The van der Waals surface area contributed by atoms with Crippen LogP contribution in [0.25, 0.3) is 5.69 Å². The van der Waals surface area contributed by atoms with Crippen molar-refractivity contribution < 1.29 is 0 Å². The van der Waals surface area contributed by atoms with Crippen LogP contribution in [-0.2, 0) is 0 Å². The van der Waals surface area contributed by atoms with E-state index in [1.165, 1.54) is 19.3 Å². The van der Waals surface area contributed by atoms with Crippen molar-refractivity contribution in [2.75, 3.05) is 5.32 Å². The molecule has 0 aliphatic heterocycles. The summed E-state index contributed by atoms with van der Waals surface area (Å²) in [4.78, 5) is 0. The van der Waals surface area contributed by atoms with Gasteiger partial charge in [-0.15, -0.1) is 5.10 Å². The van der Waals surface area contributed by atoms with Crippen molar-refractivity contribution >= 4 is 5.69 Å². The van der Waals surface area contributed by atoms with E-state index in [1.54, 1.807) is 11.0 Å². The highest BCUT2D eigenvalue weighted by atomic mass is 15.5. The average molecular weight is 285 g/mol. The summed E-state index contributed by atoms with van der Waals surface area (Å²) in [5, 5.41) is 15.1. The molecule has 0 spiro atoms. The van der Waals surface area contributed by atoms with Gasteiger partial charge in [-0.25, -0.2) is 4.68 Å². The Kier molecular flexibility index (Phi) is 3.90. The van der Waals surface area contributed by atoms with Crippen LogP contribution in [0, 0.1) is 18.8 Å². The van der Waals surface area contributed by atoms with Gasteiger partial charge in [-0.05, 0) is 53.3 Å². The van der Waals surface area contributed by atoms with E-state index in [9.17, 15) is 0 Å². The van der Waals surface area contributed by atoms with E-state index in [1.807, 2.05) is 0 Å². The zero-order valence-electron chi connectivity index (χ0n) is 13.0. The number of aryl methyl sites for hydroxylation is 1. The molecule has 1 aromatic carbocycles. The predicted octanol–water partition coefficient (Wildman–Crippen LogP) is 3.21. The van der Waals surface area contributed by atoms with E-state index in [4.69, 9.17) is 0 Å². The summed E-state index contributed by atoms with van der Waals surface area (Å²) in [7, 11) is 0. The molecule has 112 valence electrons. The molecule has 1 N–H and O–H groups in total. The lowest BCUT2D eigenvalue weighted by molar-refractivity contribution is 0.253. The molecule has 3 unspecified atom stereocenters. The molecule has 3 atom stereocenters. The molecular weight excluding hydrogens is 262 g/mol. The second-order valence-electron chi connectivity index (χ2n) is 6.27. The van der Waals surface area contributed by atoms with Gasteiger partial charge < -0.3 is 5.32 Å². The predicted molar refractivity (Wildman–Crippen MR) is 83.5 cm³/mol. The first kappa shape index (κ1) is 14.0. The Morgan fingerprint density at radius 3 is 2.86 bits per heavy atom. The fraction of sp³-hybridized carbons (Fsp3) is 0.562. The fourth-order valence-corrected chi connectivity index (χ4v) is 3.22. The smallest absolute Gasteiger partial charge is 0.143 e. The minimum Gasteiger partial charge on any atom is -0.382 e. The van der Waals surface area contributed by atoms with E-state index in [0.717, 1.165) is 22.9 Å². The second kappa shape index (κ2) is 5.84. The topological polar surface area (TPSA) is 55.6 Å². The van der Waals surface area contributed by atoms with Gasteiger partial charge in [0.2, 0.25) is 0 Å². The molecule has 1 fully saturated rings. The van der Waals surface area contributed by atoms with E-state index in [0.29, 0.717) is 12.0 Å². The van der Waals surface area contributed by atoms with Gasteiger partial charge in [0.25, 0.3) is 0 Å². The Morgan fingerprint density at radius 1 is 1.24 bits per heavy atom. The van der Waals surface area contributed by atoms with Crippen LogP contribution in [0.15, 0.2) is 24.5 Å². The lowest BCUT2D eigenvalue weighted by Gasteiger charge is -2.35. The second-order valence-corrected chi connectivity index (χ2v) is 6.27. The van der Waals surface area contributed by atoms with Crippen LogP contribution < -0.4 is 5.32 Å². The quantitative estimate of drug-likeness (QED) is 0.941. The molecule has 1 aliphatic rings. The number of anilines is 1. The molecule has 0 bridgehead atoms. The molecule has 21 heavy (non-hydrogen) atoms. The molecule has 5 nitrogen and oxygen atoms in total. The summed E-state index contributed by atoms with van der Waals surface area (Å²) in [6.07, 6.45) is 5.55. The SMILES string of the molecule is Cc1ccc(NC2CCCC(C)C2C)cc1-n1cnnn1. The maximum Gasteiger partial charge on any atom is 0.143 e. The number of aromatic nitrogens is 4. The first-order valence-electron chi connectivity index (χ1n) is 7.75. The van der Waals surface area contributed by atoms with Gasteiger partial charge in [-0.1, -0.05) is 32.8 Å². The Morgan fingerprint density at radius 2 is 2.10 bits per heavy atom. The largest absolute Gasteiger partial charge is 0.382 e. The molecule has 1 heterocycles. The maximum atomic E-state index is 3.99. The van der Waals surface area contributed by atoms with Gasteiger partial charge in [-0.2, -0.15) is 0 Å². The molecule has 0 saturated heterocycles. The fourth-order valence-electron chi connectivity index (χ4n) is 3.22. The van der Waals surface area contributed by atoms with Crippen LogP contribution in [0.1, 0.15) is 38.7 Å². The molecule has 5 heteroatoms. The van der Waals surface area contributed by atoms with Crippen molar-refractivity contribution in [2.24, 2.45) is 11.8 Å². The summed E-state index contributed by atoms with van der Waals surface area (Å²) < 4.78 is 1.72. The van der Waals surface area contributed by atoms with Crippen molar-refractivity contribution in [1.82, 2.24) is 20.2 Å². The van der Waals surface area contributed by atoms with Gasteiger partial charge in [0.1, 0.15) is 6.33 Å². The summed E-state index contributed by atoms with van der Waals surface area (Å²) in [6.45, 7) is 6.80. The number of tetrazole rings is 1. The first-order valence-corrected chi connectivity index (χ1v) is 7.75. The third kappa shape index (κ3) is 2.91. The Balaban J connectivity index is 1.82. The normalized spacial score (nSPS) is 25.8. The van der Waals surface area contributed by atoms with E-state index in [2.05, 4.69) is 59.8 Å². The number of hydrogen-bond acceptors (Lipinski definition) is 4. The Labute approximate surface area is 125 Å².